The van der Waals surface area contributed by atoms with Gasteiger partial charge in [-0.15, -0.1) is 10.2 Å². The molecule has 0 spiro atoms. The van der Waals surface area contributed by atoms with Crippen molar-refractivity contribution in [1.82, 2.24) is 14.5 Å². The van der Waals surface area contributed by atoms with Crippen molar-refractivity contribution in [2.24, 2.45) is 0 Å². The minimum atomic E-state index is -3.59. The van der Waals surface area contributed by atoms with E-state index in [4.69, 9.17) is 4.74 Å². The molecule has 2 aromatic carbocycles. The number of para-hydroxylation sites is 1. The number of amides is 1. The van der Waals surface area contributed by atoms with E-state index in [1.165, 1.54) is 34.7 Å². The fourth-order valence-electron chi connectivity index (χ4n) is 3.74. The molecule has 168 valence electrons. The molecule has 4 rings (SSSR count). The van der Waals surface area contributed by atoms with Crippen LogP contribution in [0.25, 0.3) is 10.6 Å². The number of nitrogens with zero attached hydrogens (tertiary/aromatic N) is 3. The lowest BCUT2D eigenvalue weighted by Crippen LogP contribution is -2.37. The number of hydrogen-bond acceptors (Lipinski definition) is 7. The molecule has 1 aliphatic rings. The summed E-state index contributed by atoms with van der Waals surface area (Å²) >= 11 is 1.53. The Morgan fingerprint density at radius 2 is 1.78 bits per heavy atom. The molecule has 10 heteroatoms. The summed E-state index contributed by atoms with van der Waals surface area (Å²) in [7, 11) is -1.96. The van der Waals surface area contributed by atoms with E-state index >= 15 is 0 Å². The number of carbonyl (C=O) groups is 1. The maximum Gasteiger partial charge on any atom is 0.243 e. The molecule has 0 bridgehead atoms. The van der Waals surface area contributed by atoms with Gasteiger partial charge in [-0.05, 0) is 49.2 Å². The zero-order valence-corrected chi connectivity index (χ0v) is 19.4. The molecule has 1 aliphatic heterocycles. The second kappa shape index (κ2) is 9.35. The van der Waals surface area contributed by atoms with Crippen LogP contribution in [0.15, 0.2) is 53.4 Å². The SMILES string of the molecule is COc1ccccc1-c1nnc(C2CCN(S(=O)(=O)c3ccc(NC(C)=O)cc3)CC2)s1. The van der Waals surface area contributed by atoms with E-state index in [0.717, 1.165) is 21.3 Å². The van der Waals surface area contributed by atoms with Crippen LogP contribution < -0.4 is 10.1 Å². The molecule has 0 atom stereocenters. The normalized spacial score (nSPS) is 15.4. The van der Waals surface area contributed by atoms with Gasteiger partial charge in [0.05, 0.1) is 17.6 Å². The van der Waals surface area contributed by atoms with Gasteiger partial charge in [-0.3, -0.25) is 4.79 Å². The fraction of sp³-hybridized carbons (Fsp3) is 0.318. The van der Waals surface area contributed by atoms with Crippen LogP contribution in [0.2, 0.25) is 0 Å². The number of anilines is 1. The molecular formula is C22H24N4O4S2. The summed E-state index contributed by atoms with van der Waals surface area (Å²) < 4.78 is 33.0. The quantitative estimate of drug-likeness (QED) is 0.586. The van der Waals surface area contributed by atoms with E-state index < -0.39 is 10.0 Å². The van der Waals surface area contributed by atoms with Gasteiger partial charge in [0.2, 0.25) is 15.9 Å². The molecule has 1 amide bonds. The van der Waals surface area contributed by atoms with Crippen LogP contribution in [-0.4, -0.2) is 49.0 Å². The van der Waals surface area contributed by atoms with E-state index in [0.29, 0.717) is 31.6 Å². The van der Waals surface area contributed by atoms with Crippen LogP contribution in [0.3, 0.4) is 0 Å². The summed E-state index contributed by atoms with van der Waals surface area (Å²) in [5.74, 6) is 0.721. The van der Waals surface area contributed by atoms with Crippen molar-refractivity contribution in [3.63, 3.8) is 0 Å². The van der Waals surface area contributed by atoms with Crippen molar-refractivity contribution in [3.8, 4) is 16.3 Å². The van der Waals surface area contributed by atoms with Crippen LogP contribution >= 0.6 is 11.3 Å². The van der Waals surface area contributed by atoms with Crippen LogP contribution in [0, 0.1) is 0 Å². The van der Waals surface area contributed by atoms with Crippen molar-refractivity contribution in [2.45, 2.75) is 30.6 Å². The number of piperidine rings is 1. The summed E-state index contributed by atoms with van der Waals surface area (Å²) in [6.45, 7) is 2.25. The number of hydrogen-bond donors (Lipinski definition) is 1. The summed E-state index contributed by atoms with van der Waals surface area (Å²) in [6.07, 6.45) is 1.37. The minimum Gasteiger partial charge on any atom is -0.496 e. The van der Waals surface area contributed by atoms with Crippen molar-refractivity contribution >= 4 is 33.0 Å². The number of methoxy groups -OCH3 is 1. The van der Waals surface area contributed by atoms with Gasteiger partial charge in [0, 0.05) is 31.6 Å². The molecule has 2 heterocycles. The Morgan fingerprint density at radius 3 is 2.44 bits per heavy atom. The first-order valence-corrected chi connectivity index (χ1v) is 12.5. The van der Waals surface area contributed by atoms with E-state index in [-0.39, 0.29) is 16.7 Å². The highest BCUT2D eigenvalue weighted by atomic mass is 32.2. The molecular weight excluding hydrogens is 448 g/mol. The number of benzene rings is 2. The Labute approximate surface area is 191 Å². The van der Waals surface area contributed by atoms with Crippen molar-refractivity contribution < 1.29 is 17.9 Å². The molecule has 1 aromatic heterocycles. The lowest BCUT2D eigenvalue weighted by molar-refractivity contribution is -0.114. The lowest BCUT2D eigenvalue weighted by atomic mass is 9.99. The predicted molar refractivity (Wildman–Crippen MR) is 123 cm³/mol. The van der Waals surface area contributed by atoms with Crippen LogP contribution in [0.4, 0.5) is 5.69 Å². The fourth-order valence-corrected chi connectivity index (χ4v) is 6.25. The third kappa shape index (κ3) is 4.67. The van der Waals surface area contributed by atoms with Gasteiger partial charge >= 0.3 is 0 Å². The molecule has 8 nitrogen and oxygen atoms in total. The van der Waals surface area contributed by atoms with Crippen molar-refractivity contribution in [2.75, 3.05) is 25.5 Å². The number of ether oxygens (including phenoxy) is 1. The smallest absolute Gasteiger partial charge is 0.243 e. The van der Waals surface area contributed by atoms with Gasteiger partial charge in [-0.1, -0.05) is 23.5 Å². The van der Waals surface area contributed by atoms with Gasteiger partial charge in [0.1, 0.15) is 10.8 Å². The molecule has 0 unspecified atom stereocenters. The molecule has 1 N–H and O–H groups in total. The molecule has 1 fully saturated rings. The molecule has 32 heavy (non-hydrogen) atoms. The van der Waals surface area contributed by atoms with E-state index in [1.54, 1.807) is 19.2 Å². The highest BCUT2D eigenvalue weighted by molar-refractivity contribution is 7.89. The standard InChI is InChI=1S/C22H24N4O4S2/c1-15(27)23-17-7-9-18(10-8-17)32(28,29)26-13-11-16(12-14-26)21-24-25-22(31-21)19-5-3-4-6-20(19)30-2/h3-10,16H,11-14H2,1-2H3,(H,23,27). The van der Waals surface area contributed by atoms with E-state index in [1.807, 2.05) is 24.3 Å². The van der Waals surface area contributed by atoms with E-state index in [2.05, 4.69) is 15.5 Å². The molecule has 3 aromatic rings. The van der Waals surface area contributed by atoms with Crippen LogP contribution in [0.1, 0.15) is 30.7 Å². The molecule has 0 radical (unpaired) electrons. The first-order valence-electron chi connectivity index (χ1n) is 10.2. The number of carbonyl (C=O) groups excluding carboxylic acids is 1. The summed E-state index contributed by atoms with van der Waals surface area (Å²) in [6, 6.07) is 13.9. The average Bonchev–Trinajstić information content (AvgIpc) is 3.29. The summed E-state index contributed by atoms with van der Waals surface area (Å²) in [4.78, 5) is 11.4. The first-order chi connectivity index (χ1) is 15.4. The largest absolute Gasteiger partial charge is 0.496 e. The van der Waals surface area contributed by atoms with Gasteiger partial charge in [-0.2, -0.15) is 4.31 Å². The first kappa shape index (κ1) is 22.4. The lowest BCUT2D eigenvalue weighted by Gasteiger charge is -2.30. The number of nitrogens with one attached hydrogen (secondary N) is 1. The van der Waals surface area contributed by atoms with Crippen LogP contribution in [0.5, 0.6) is 5.75 Å². The van der Waals surface area contributed by atoms with Gasteiger partial charge in [0.25, 0.3) is 0 Å². The molecule has 0 saturated carbocycles. The van der Waals surface area contributed by atoms with Crippen LogP contribution in [-0.2, 0) is 14.8 Å². The zero-order chi connectivity index (χ0) is 22.7. The zero-order valence-electron chi connectivity index (χ0n) is 17.8. The topological polar surface area (TPSA) is 101 Å². The third-order valence-electron chi connectivity index (χ3n) is 5.39. The molecule has 0 aliphatic carbocycles. The Balaban J connectivity index is 1.43. The van der Waals surface area contributed by atoms with Crippen molar-refractivity contribution in [3.05, 3.63) is 53.5 Å². The maximum absolute atomic E-state index is 13.0. The monoisotopic (exact) mass is 472 g/mol. The van der Waals surface area contributed by atoms with Gasteiger partial charge in [-0.25, -0.2) is 8.42 Å². The van der Waals surface area contributed by atoms with Gasteiger partial charge < -0.3 is 10.1 Å². The predicted octanol–water partition coefficient (Wildman–Crippen LogP) is 3.74. The number of sulfonamides is 1. The Kier molecular flexibility index (Phi) is 6.54. The highest BCUT2D eigenvalue weighted by Crippen LogP contribution is 2.37. The van der Waals surface area contributed by atoms with Crippen molar-refractivity contribution in [1.29, 1.82) is 0 Å². The second-order valence-corrected chi connectivity index (χ2v) is 10.5. The second-order valence-electron chi connectivity index (χ2n) is 7.53. The summed E-state index contributed by atoms with van der Waals surface area (Å²) in [5.41, 5.74) is 1.47. The Bertz CT molecular complexity index is 1200. The Morgan fingerprint density at radius 1 is 1.09 bits per heavy atom. The summed E-state index contributed by atoms with van der Waals surface area (Å²) in [5, 5.41) is 13.1. The molecule has 1 saturated heterocycles. The third-order valence-corrected chi connectivity index (χ3v) is 8.43. The van der Waals surface area contributed by atoms with Gasteiger partial charge in [0.15, 0.2) is 5.01 Å². The maximum atomic E-state index is 13.0. The van der Waals surface area contributed by atoms with E-state index in [9.17, 15) is 13.2 Å². The highest BCUT2D eigenvalue weighted by Gasteiger charge is 2.31. The minimum absolute atomic E-state index is 0.171. The number of aromatic nitrogens is 2. The Hall–Kier alpha value is -2.82. The average molecular weight is 473 g/mol. The number of rotatable bonds is 6.